The fourth-order valence-electron chi connectivity index (χ4n) is 17.1. The van der Waals surface area contributed by atoms with Gasteiger partial charge in [-0.2, -0.15) is 0 Å². The van der Waals surface area contributed by atoms with Crippen molar-refractivity contribution < 1.29 is 71.9 Å². The summed E-state index contributed by atoms with van der Waals surface area (Å²) in [6, 6.07) is 59.5. The van der Waals surface area contributed by atoms with E-state index in [9.17, 15) is 57.6 Å². The van der Waals surface area contributed by atoms with Crippen LogP contribution in [-0.2, 0) is 107 Å². The second-order valence-corrected chi connectivity index (χ2v) is 38.6. The van der Waals surface area contributed by atoms with Gasteiger partial charge in [-0.1, -0.05) is 66.7 Å². The number of primary sulfonamides is 1. The average Bonchev–Trinajstić information content (AvgIpc) is 1.63. The predicted octanol–water partition coefficient (Wildman–Crippen LogP) is 14.4. The Bertz CT molecular complexity index is 6580. The van der Waals surface area contributed by atoms with E-state index in [1.807, 2.05) is 140 Å². The number of nitrogens with one attached hydrogen (secondary N) is 5. The molecular weight excluding hydrogens is 1610 g/mol. The molecule has 5 aliphatic heterocycles. The van der Waals surface area contributed by atoms with Gasteiger partial charge in [0.1, 0.15) is 17.2 Å². The molecule has 0 saturated carbocycles. The first kappa shape index (κ1) is 80.5. The number of carbonyl (C=O) groups is 5. The van der Waals surface area contributed by atoms with E-state index in [-0.39, 0.29) is 58.6 Å². The molecule has 5 heterocycles. The molecule has 2 atom stereocenters. The number of nitrogens with two attached hydrogens (primary N) is 1. The van der Waals surface area contributed by atoms with Crippen LogP contribution in [-0.4, -0.2) is 110 Å². The summed E-state index contributed by atoms with van der Waals surface area (Å²) in [5.41, 5.74) is 29.4. The molecule has 604 valence electrons. The normalized spacial score (nSPS) is 16.4. The molecule has 5 amide bonds. The molecule has 0 saturated heterocycles. The van der Waals surface area contributed by atoms with Crippen LogP contribution >= 0.6 is 0 Å². The SMILES string of the molecule is COc1ccc2c(c1)C1=C(CC(=O)N2)c2cc(S(C)(=O)=O)ccc2C1.COc1ccc2c(c1)C1=C(CC(=O)N2)c2cc(S(C)=O)ccc2C1.COc1ccc2c(c1)C1=C(CC(=O)N2)c2cc(S(N)(=O)=O)ccc2C1.CS(=O)(=O)c1ccc2c(c1)C1=C(C2)c2ccccc2NC(=O)C1.CS(=O)c1ccc2c(c1)C1=C(C2)c2ccccc2NC(=O)C1. The highest BCUT2D eigenvalue weighted by molar-refractivity contribution is 7.91. The Kier molecular flexibility index (Phi) is 21.6. The summed E-state index contributed by atoms with van der Waals surface area (Å²) in [5.74, 6) is 1.86. The molecule has 119 heavy (non-hydrogen) atoms. The minimum absolute atomic E-state index is 0.00771. The number of hydrogen-bond acceptors (Lipinski definition) is 16. The van der Waals surface area contributed by atoms with Crippen LogP contribution in [0.3, 0.4) is 0 Å². The highest BCUT2D eigenvalue weighted by Gasteiger charge is 2.36. The second kappa shape index (κ2) is 31.9. The molecule has 27 heteroatoms. The highest BCUT2D eigenvalue weighted by atomic mass is 32.2. The van der Waals surface area contributed by atoms with Gasteiger partial charge < -0.3 is 40.8 Å². The van der Waals surface area contributed by atoms with E-state index in [2.05, 4.69) is 32.7 Å². The van der Waals surface area contributed by atoms with Crippen LogP contribution in [0.25, 0.3) is 55.7 Å². The summed E-state index contributed by atoms with van der Waals surface area (Å²) < 4.78 is 110. The van der Waals surface area contributed by atoms with E-state index in [1.165, 1.54) is 35.3 Å². The van der Waals surface area contributed by atoms with Crippen LogP contribution in [0.1, 0.15) is 116 Å². The van der Waals surface area contributed by atoms with Crippen molar-refractivity contribution in [1.29, 1.82) is 0 Å². The third-order valence-corrected chi connectivity index (χ3v) is 27.7. The van der Waals surface area contributed by atoms with Crippen molar-refractivity contribution in [3.63, 3.8) is 0 Å². The smallest absolute Gasteiger partial charge is 0.238 e. The van der Waals surface area contributed by atoms with Crippen molar-refractivity contribution in [1.82, 2.24) is 0 Å². The van der Waals surface area contributed by atoms with Crippen molar-refractivity contribution in [3.05, 3.63) is 278 Å². The van der Waals surface area contributed by atoms with Crippen molar-refractivity contribution >= 4 is 165 Å². The predicted molar refractivity (Wildman–Crippen MR) is 465 cm³/mol. The third kappa shape index (κ3) is 16.1. The summed E-state index contributed by atoms with van der Waals surface area (Å²) in [4.78, 5) is 63.6. The first-order valence-electron chi connectivity index (χ1n) is 38.0. The summed E-state index contributed by atoms with van der Waals surface area (Å²) in [6.07, 6.45) is 10.8. The van der Waals surface area contributed by atoms with Crippen LogP contribution in [0.4, 0.5) is 28.4 Å². The lowest BCUT2D eigenvalue weighted by Gasteiger charge is -2.11. The zero-order valence-corrected chi connectivity index (χ0v) is 69.8. The molecule has 5 aliphatic carbocycles. The average molecular weight is 1690 g/mol. The minimum atomic E-state index is -3.80. The monoisotopic (exact) mass is 1680 g/mol. The largest absolute Gasteiger partial charge is 0.497 e. The lowest BCUT2D eigenvalue weighted by Crippen LogP contribution is -2.13. The van der Waals surface area contributed by atoms with Gasteiger partial charge in [-0.15, -0.1) is 0 Å². The number of allylic oxidation sites excluding steroid dienone is 5. The first-order valence-corrected chi connectivity index (χ1v) is 46.4. The number of amides is 5. The van der Waals surface area contributed by atoms with Gasteiger partial charge in [0.25, 0.3) is 0 Å². The van der Waals surface area contributed by atoms with Gasteiger partial charge in [-0.25, -0.2) is 30.4 Å². The standard InChI is InChI=1S/C19H17NO4S.C19H17NO3S.C18H16N2O4S.C18H15NO3S.C18H15NO2S/c1-24-12-4-6-18-17(8-12)15-7-11-3-5-13(25(2,22)23)9-14(11)16(15)10-19(21)20-18;1-23-12-4-6-18-17(8-12)15-7-11-3-5-13(24(2)22)9-14(11)16(15)10-19(21)20-18;1-24-11-3-5-17-16(7-11)14-6-10-2-4-12(25(19,22)23)8-13(10)15(14)9-18(21)20-17;1-23(21,22)12-7-6-11-8-15-13-4-2-3-5-17(13)19-18(20)10-16(15)14(11)9-12;1-22(21)12-7-6-11-8-15-13-4-2-3-5-17(13)19-18(20)10-16(15)14(11)9-12/h3-6,8-9H,7,10H2,1-2H3,(H,20,21);3-6,8-9H,7,10H2,1-2H3,(H,20,21);2-5,7-8H,6,9H2,1H3,(H,20,21)(H2,19,22,23);2-7,9H,8,10H2,1H3,(H,19,20);2-7,9H,8,10H2,1H3,(H,19,20). The number of para-hydroxylation sites is 2. The van der Waals surface area contributed by atoms with Crippen LogP contribution in [0, 0.1) is 0 Å². The molecular formula is C92H80N6O16S5. The number of ether oxygens (including phenoxy) is 3. The molecule has 20 rings (SSSR count). The van der Waals surface area contributed by atoms with E-state index in [1.54, 1.807) is 76.3 Å². The molecule has 0 radical (unpaired) electrons. The Balaban J connectivity index is 0.000000111. The molecule has 2 unspecified atom stereocenters. The van der Waals surface area contributed by atoms with Gasteiger partial charge >= 0.3 is 0 Å². The van der Waals surface area contributed by atoms with E-state index >= 15 is 0 Å². The van der Waals surface area contributed by atoms with Gasteiger partial charge in [0, 0.05) is 113 Å². The van der Waals surface area contributed by atoms with Crippen molar-refractivity contribution in [2.24, 2.45) is 5.14 Å². The van der Waals surface area contributed by atoms with Crippen molar-refractivity contribution in [2.45, 2.75) is 88.7 Å². The molecule has 0 bridgehead atoms. The number of rotatable bonds is 8. The number of sulfonamides is 1. The molecule has 7 N–H and O–H groups in total. The molecule has 0 spiro atoms. The number of benzene rings is 10. The summed E-state index contributed by atoms with van der Waals surface area (Å²) >= 11 is 0. The number of hydrogen-bond donors (Lipinski definition) is 6. The van der Waals surface area contributed by atoms with E-state index in [0.717, 1.165) is 191 Å². The molecule has 22 nitrogen and oxygen atoms in total. The van der Waals surface area contributed by atoms with Crippen molar-refractivity contribution in [3.8, 4) is 17.2 Å². The number of sulfone groups is 2. The topological polar surface area (TPSA) is 336 Å². The second-order valence-electron chi connectivity index (χ2n) is 30.2. The Morgan fingerprint density at radius 1 is 0.286 bits per heavy atom. The fraction of sp³-hybridized carbons (Fsp3) is 0.185. The number of methoxy groups -OCH3 is 3. The summed E-state index contributed by atoms with van der Waals surface area (Å²) in [5, 5.41) is 20.0. The maximum Gasteiger partial charge on any atom is 0.238 e. The van der Waals surface area contributed by atoms with E-state index in [0.29, 0.717) is 36.3 Å². The molecule has 10 aromatic carbocycles. The number of carbonyl (C=O) groups excluding carboxylic acids is 5. The van der Waals surface area contributed by atoms with Gasteiger partial charge in [-0.05, 0) is 271 Å². The maximum absolute atomic E-state index is 12.3. The molecule has 0 fully saturated rings. The third-order valence-electron chi connectivity index (χ3n) is 22.8. The summed E-state index contributed by atoms with van der Waals surface area (Å²) in [6.45, 7) is 0. The molecule has 10 aliphatic rings. The van der Waals surface area contributed by atoms with Crippen LogP contribution in [0.2, 0.25) is 0 Å². The Morgan fingerprint density at radius 2 is 0.529 bits per heavy atom. The Labute approximate surface area is 693 Å². The van der Waals surface area contributed by atoms with Crippen LogP contribution in [0.15, 0.2) is 219 Å². The Hall–Kier alpha value is -12.2. The zero-order chi connectivity index (χ0) is 83.8. The zero-order valence-electron chi connectivity index (χ0n) is 65.7. The lowest BCUT2D eigenvalue weighted by molar-refractivity contribution is -0.116. The van der Waals surface area contributed by atoms with E-state index in [4.69, 9.17) is 19.3 Å². The number of anilines is 5. The minimum Gasteiger partial charge on any atom is -0.497 e. The van der Waals surface area contributed by atoms with Gasteiger partial charge in [0.05, 0.1) is 68.1 Å². The van der Waals surface area contributed by atoms with Gasteiger partial charge in [-0.3, -0.25) is 32.4 Å². The highest BCUT2D eigenvalue weighted by Crippen LogP contribution is 2.52. The van der Waals surface area contributed by atoms with Crippen LogP contribution in [0.5, 0.6) is 17.2 Å². The maximum atomic E-state index is 12.3. The first-order chi connectivity index (χ1) is 56.9. The molecule has 0 aromatic heterocycles. The van der Waals surface area contributed by atoms with Crippen LogP contribution < -0.4 is 45.9 Å². The van der Waals surface area contributed by atoms with Gasteiger partial charge in [0.2, 0.25) is 39.6 Å². The molecule has 10 aromatic rings. The summed E-state index contributed by atoms with van der Waals surface area (Å²) in [7, 11) is -7.59. The van der Waals surface area contributed by atoms with E-state index < -0.39 is 51.3 Å². The van der Waals surface area contributed by atoms with Gasteiger partial charge in [0.15, 0.2) is 19.7 Å². The fourth-order valence-corrected chi connectivity index (χ4v) is 20.0. The van der Waals surface area contributed by atoms with Crippen molar-refractivity contribution in [2.75, 3.05) is 72.9 Å². The lowest BCUT2D eigenvalue weighted by atomic mass is 9.98. The Morgan fingerprint density at radius 3 is 0.807 bits per heavy atom. The quantitative estimate of drug-likeness (QED) is 0.0823. The number of fused-ring (bicyclic) bond motifs is 20.